The SMILES string of the molecule is COc1ccc(C(=O)Nc2ccc(S(=O)(=O)N[C@@H](C(=O)O)C(C)C)cc2)cc1. The van der Waals surface area contributed by atoms with Gasteiger partial charge in [-0.1, -0.05) is 13.8 Å². The fourth-order valence-corrected chi connectivity index (χ4v) is 3.71. The maximum atomic E-state index is 12.4. The molecular weight excluding hydrogens is 384 g/mol. The molecule has 0 heterocycles. The molecule has 0 aliphatic rings. The minimum Gasteiger partial charge on any atom is -0.497 e. The number of methoxy groups -OCH3 is 1. The number of amides is 1. The number of hydrogen-bond donors (Lipinski definition) is 3. The molecule has 0 bridgehead atoms. The molecule has 0 spiro atoms. The van der Waals surface area contributed by atoms with Crippen LogP contribution in [-0.2, 0) is 14.8 Å². The van der Waals surface area contributed by atoms with E-state index in [4.69, 9.17) is 9.84 Å². The molecule has 1 atom stereocenters. The van der Waals surface area contributed by atoms with E-state index in [0.29, 0.717) is 17.0 Å². The zero-order valence-electron chi connectivity index (χ0n) is 15.7. The average Bonchev–Trinajstić information content (AvgIpc) is 2.66. The van der Waals surface area contributed by atoms with Crippen molar-refractivity contribution in [2.24, 2.45) is 5.92 Å². The summed E-state index contributed by atoms with van der Waals surface area (Å²) in [5.74, 6) is -1.40. The van der Waals surface area contributed by atoms with Gasteiger partial charge in [-0.2, -0.15) is 4.72 Å². The van der Waals surface area contributed by atoms with Crippen LogP contribution in [0.15, 0.2) is 53.4 Å². The van der Waals surface area contributed by atoms with Crippen molar-refractivity contribution in [2.75, 3.05) is 12.4 Å². The van der Waals surface area contributed by atoms with Crippen molar-refractivity contribution in [3.8, 4) is 5.75 Å². The van der Waals surface area contributed by atoms with Crippen LogP contribution in [0.5, 0.6) is 5.75 Å². The molecule has 2 aromatic carbocycles. The third-order valence-corrected chi connectivity index (χ3v) is 5.45. The maximum absolute atomic E-state index is 12.4. The molecule has 0 saturated heterocycles. The molecule has 2 rings (SSSR count). The first-order chi connectivity index (χ1) is 13.1. The molecule has 2 aromatic rings. The quantitative estimate of drug-likeness (QED) is 0.619. The highest BCUT2D eigenvalue weighted by Gasteiger charge is 2.27. The highest BCUT2D eigenvalue weighted by atomic mass is 32.2. The van der Waals surface area contributed by atoms with E-state index in [1.54, 1.807) is 38.1 Å². The van der Waals surface area contributed by atoms with Crippen LogP contribution in [0.2, 0.25) is 0 Å². The summed E-state index contributed by atoms with van der Waals surface area (Å²) in [6.45, 7) is 3.22. The summed E-state index contributed by atoms with van der Waals surface area (Å²) in [7, 11) is -2.48. The van der Waals surface area contributed by atoms with Gasteiger partial charge in [-0.25, -0.2) is 8.42 Å². The van der Waals surface area contributed by atoms with Crippen molar-refractivity contribution in [3.63, 3.8) is 0 Å². The van der Waals surface area contributed by atoms with Gasteiger partial charge in [0.15, 0.2) is 0 Å². The molecule has 0 aromatic heterocycles. The summed E-state index contributed by atoms with van der Waals surface area (Å²) in [6, 6.07) is 10.7. The standard InChI is InChI=1S/C19H22N2O6S/c1-12(2)17(19(23)24)21-28(25,26)16-10-6-14(7-11-16)20-18(22)13-4-8-15(27-3)9-5-13/h4-12,17,21H,1-3H3,(H,20,22)(H,23,24)/t17-/m1/s1. The number of ether oxygens (including phenoxy) is 1. The first-order valence-electron chi connectivity index (χ1n) is 8.44. The van der Waals surface area contributed by atoms with E-state index >= 15 is 0 Å². The third-order valence-electron chi connectivity index (χ3n) is 3.99. The molecule has 0 saturated carbocycles. The maximum Gasteiger partial charge on any atom is 0.322 e. The van der Waals surface area contributed by atoms with E-state index in [0.717, 1.165) is 0 Å². The van der Waals surface area contributed by atoms with E-state index in [1.165, 1.54) is 31.4 Å². The van der Waals surface area contributed by atoms with E-state index in [-0.39, 0.29) is 10.8 Å². The topological polar surface area (TPSA) is 122 Å². The molecule has 9 heteroatoms. The van der Waals surface area contributed by atoms with Crippen molar-refractivity contribution in [2.45, 2.75) is 24.8 Å². The Labute approximate surface area is 163 Å². The van der Waals surface area contributed by atoms with Crippen LogP contribution in [0.3, 0.4) is 0 Å². The molecule has 150 valence electrons. The van der Waals surface area contributed by atoms with Crippen LogP contribution in [0.4, 0.5) is 5.69 Å². The molecule has 28 heavy (non-hydrogen) atoms. The Morgan fingerprint density at radius 1 is 1.00 bits per heavy atom. The van der Waals surface area contributed by atoms with E-state index in [1.807, 2.05) is 0 Å². The van der Waals surface area contributed by atoms with Gasteiger partial charge in [0.25, 0.3) is 5.91 Å². The summed E-state index contributed by atoms with van der Waals surface area (Å²) in [5, 5.41) is 11.8. The number of rotatable bonds is 8. The van der Waals surface area contributed by atoms with Gasteiger partial charge in [0, 0.05) is 11.3 Å². The summed E-state index contributed by atoms with van der Waals surface area (Å²) in [5.41, 5.74) is 0.818. The first kappa shape index (κ1) is 21.4. The second kappa shape index (κ2) is 8.85. The van der Waals surface area contributed by atoms with Crippen LogP contribution in [0, 0.1) is 5.92 Å². The predicted molar refractivity (Wildman–Crippen MR) is 104 cm³/mol. The number of carboxylic acids is 1. The van der Waals surface area contributed by atoms with Crippen molar-refractivity contribution in [1.82, 2.24) is 4.72 Å². The highest BCUT2D eigenvalue weighted by molar-refractivity contribution is 7.89. The Morgan fingerprint density at radius 2 is 1.57 bits per heavy atom. The van der Waals surface area contributed by atoms with Crippen LogP contribution >= 0.6 is 0 Å². The lowest BCUT2D eigenvalue weighted by Gasteiger charge is -2.18. The number of anilines is 1. The zero-order valence-corrected chi connectivity index (χ0v) is 16.5. The number of nitrogens with one attached hydrogen (secondary N) is 2. The normalized spacial score (nSPS) is 12.4. The summed E-state index contributed by atoms with van der Waals surface area (Å²) in [4.78, 5) is 23.4. The van der Waals surface area contributed by atoms with E-state index < -0.39 is 28.0 Å². The van der Waals surface area contributed by atoms with Gasteiger partial charge in [0.05, 0.1) is 12.0 Å². The zero-order chi connectivity index (χ0) is 20.9. The predicted octanol–water partition coefficient (Wildman–Crippen LogP) is 2.33. The smallest absolute Gasteiger partial charge is 0.322 e. The van der Waals surface area contributed by atoms with E-state index in [2.05, 4.69) is 10.0 Å². The number of aliphatic carboxylic acids is 1. The summed E-state index contributed by atoms with van der Waals surface area (Å²) < 4.78 is 32.0. The molecule has 0 aliphatic carbocycles. The number of carbonyl (C=O) groups is 2. The first-order valence-corrected chi connectivity index (χ1v) is 9.93. The number of carboxylic acid groups (broad SMARTS) is 1. The number of carbonyl (C=O) groups excluding carboxylic acids is 1. The molecule has 3 N–H and O–H groups in total. The molecule has 0 unspecified atom stereocenters. The Balaban J connectivity index is 2.11. The average molecular weight is 406 g/mol. The highest BCUT2D eigenvalue weighted by Crippen LogP contribution is 2.17. The van der Waals surface area contributed by atoms with Crippen LogP contribution in [-0.4, -0.2) is 38.6 Å². The van der Waals surface area contributed by atoms with Gasteiger partial charge in [0.2, 0.25) is 10.0 Å². The van der Waals surface area contributed by atoms with Gasteiger partial charge in [-0.15, -0.1) is 0 Å². The Hall–Kier alpha value is -2.91. The molecule has 0 fully saturated rings. The Bertz CT molecular complexity index is 937. The Morgan fingerprint density at radius 3 is 2.04 bits per heavy atom. The fourth-order valence-electron chi connectivity index (χ4n) is 2.37. The van der Waals surface area contributed by atoms with Gasteiger partial charge in [0.1, 0.15) is 11.8 Å². The van der Waals surface area contributed by atoms with Crippen molar-refractivity contribution in [3.05, 3.63) is 54.1 Å². The van der Waals surface area contributed by atoms with Gasteiger partial charge in [-0.3, -0.25) is 9.59 Å². The summed E-state index contributed by atoms with van der Waals surface area (Å²) >= 11 is 0. The number of sulfonamides is 1. The van der Waals surface area contributed by atoms with Gasteiger partial charge >= 0.3 is 5.97 Å². The number of hydrogen-bond acceptors (Lipinski definition) is 5. The molecular formula is C19H22N2O6S. The lowest BCUT2D eigenvalue weighted by atomic mass is 10.1. The van der Waals surface area contributed by atoms with Gasteiger partial charge < -0.3 is 15.2 Å². The second-order valence-electron chi connectivity index (χ2n) is 6.39. The number of benzene rings is 2. The molecule has 1 amide bonds. The van der Waals surface area contributed by atoms with Gasteiger partial charge in [-0.05, 0) is 54.4 Å². The van der Waals surface area contributed by atoms with E-state index in [9.17, 15) is 18.0 Å². The summed E-state index contributed by atoms with van der Waals surface area (Å²) in [6.07, 6.45) is 0. The lowest BCUT2D eigenvalue weighted by Crippen LogP contribution is -2.44. The van der Waals surface area contributed by atoms with Crippen molar-refractivity contribution < 1.29 is 27.9 Å². The Kier molecular flexibility index (Phi) is 6.76. The molecule has 8 nitrogen and oxygen atoms in total. The van der Waals surface area contributed by atoms with Crippen molar-refractivity contribution >= 4 is 27.6 Å². The van der Waals surface area contributed by atoms with Crippen molar-refractivity contribution in [1.29, 1.82) is 0 Å². The minimum atomic E-state index is -4.01. The lowest BCUT2D eigenvalue weighted by molar-refractivity contribution is -0.140. The molecule has 0 aliphatic heterocycles. The van der Waals surface area contributed by atoms with Crippen LogP contribution in [0.1, 0.15) is 24.2 Å². The van der Waals surface area contributed by atoms with Crippen LogP contribution in [0.25, 0.3) is 0 Å². The third kappa shape index (κ3) is 5.30. The second-order valence-corrected chi connectivity index (χ2v) is 8.10. The largest absolute Gasteiger partial charge is 0.497 e. The molecule has 0 radical (unpaired) electrons. The minimum absolute atomic E-state index is 0.0955. The fraction of sp³-hybridized carbons (Fsp3) is 0.263. The monoisotopic (exact) mass is 406 g/mol. The van der Waals surface area contributed by atoms with Crippen LogP contribution < -0.4 is 14.8 Å².